The third-order valence-electron chi connectivity index (χ3n) is 11.5. The van der Waals surface area contributed by atoms with Crippen LogP contribution in [0.25, 0.3) is 77.7 Å². The summed E-state index contributed by atoms with van der Waals surface area (Å²) in [6.45, 7) is 6.91. The van der Waals surface area contributed by atoms with Gasteiger partial charge >= 0.3 is 0 Å². The van der Waals surface area contributed by atoms with E-state index in [1.807, 2.05) is 23.9 Å². The van der Waals surface area contributed by atoms with Gasteiger partial charge in [0.05, 0.1) is 11.4 Å². The highest BCUT2D eigenvalue weighted by Gasteiger charge is 2.28. The summed E-state index contributed by atoms with van der Waals surface area (Å²) in [5, 5.41) is 2.24. The highest BCUT2D eigenvalue weighted by molar-refractivity contribution is 8.05. The van der Waals surface area contributed by atoms with Crippen molar-refractivity contribution in [1.82, 2.24) is 0 Å². The van der Waals surface area contributed by atoms with Crippen LogP contribution in [0.2, 0.25) is 0 Å². The molecule has 2 heterocycles. The molecule has 0 saturated carbocycles. The molecule has 0 fully saturated rings. The predicted molar refractivity (Wildman–Crippen MR) is 256 cm³/mol. The lowest BCUT2D eigenvalue weighted by atomic mass is 9.84. The second-order valence-corrected chi connectivity index (χ2v) is 16.4. The Labute approximate surface area is 356 Å². The molecule has 0 amide bonds. The van der Waals surface area contributed by atoms with Crippen LogP contribution in [0, 0.1) is 0 Å². The van der Waals surface area contributed by atoms with Crippen molar-refractivity contribution in [3.8, 4) is 44.5 Å². The van der Waals surface area contributed by atoms with Gasteiger partial charge in [0.25, 0.3) is 0 Å². The zero-order valence-corrected chi connectivity index (χ0v) is 34.4. The molecular formula is C57H43NOS. The van der Waals surface area contributed by atoms with Crippen LogP contribution in [0.3, 0.4) is 0 Å². The third-order valence-corrected chi connectivity index (χ3v) is 12.7. The number of para-hydroxylation sites is 1. The molecule has 3 heteroatoms. The summed E-state index contributed by atoms with van der Waals surface area (Å²) in [7, 11) is 0. The van der Waals surface area contributed by atoms with Crippen LogP contribution in [0.15, 0.2) is 220 Å². The summed E-state index contributed by atoms with van der Waals surface area (Å²) >= 11 is 1.84. The number of hydrogen-bond donors (Lipinski definition) is 0. The van der Waals surface area contributed by atoms with Gasteiger partial charge in [-0.1, -0.05) is 183 Å². The van der Waals surface area contributed by atoms with Crippen LogP contribution < -0.4 is 0 Å². The van der Waals surface area contributed by atoms with E-state index in [-0.39, 0.29) is 0 Å². The van der Waals surface area contributed by atoms with Crippen LogP contribution in [0.5, 0.6) is 0 Å². The molecule has 1 aliphatic rings. The Morgan fingerprint density at radius 2 is 1.13 bits per heavy atom. The molecule has 0 N–H and O–H groups in total. The summed E-state index contributed by atoms with van der Waals surface area (Å²) in [6, 6.07) is 69.3. The molecule has 2 nitrogen and oxygen atoms in total. The van der Waals surface area contributed by atoms with Crippen LogP contribution in [-0.2, 0) is 0 Å². The normalized spacial score (nSPS) is 13.8. The smallest absolute Gasteiger partial charge is 0.136 e. The van der Waals surface area contributed by atoms with E-state index in [1.54, 1.807) is 0 Å². The van der Waals surface area contributed by atoms with Crippen molar-refractivity contribution in [2.45, 2.75) is 31.1 Å². The molecule has 10 rings (SSSR count). The second kappa shape index (κ2) is 16.4. The minimum atomic E-state index is 0.737. The van der Waals surface area contributed by atoms with Crippen molar-refractivity contribution in [3.05, 3.63) is 222 Å². The molecule has 0 saturated heterocycles. The summed E-state index contributed by atoms with van der Waals surface area (Å²) in [6.07, 6.45) is 3.23. The van der Waals surface area contributed by atoms with Gasteiger partial charge in [0.1, 0.15) is 11.2 Å². The summed E-state index contributed by atoms with van der Waals surface area (Å²) in [4.78, 5) is 7.91. The Morgan fingerprint density at radius 3 is 1.90 bits per heavy atom. The standard InChI is InChI=1S/C57H43NOS/c1-3-4-27-46(40-21-10-6-11-22-40)57-56(49-29-15-17-31-54(49)60-57)58-38(2)42-25-18-26-43(34-42)50-35-45(39-19-8-5-9-20-39)36-51(55(50)41-23-12-7-13-24-41)44-32-33-48-47-28-14-16-30-52(47)59-53(48)37-44/h5-26,28-37H,2-4,27H2,1H3/b57-46-,58-56?. The number of hydrogen-bond acceptors (Lipinski definition) is 3. The predicted octanol–water partition coefficient (Wildman–Crippen LogP) is 16.4. The molecule has 0 aliphatic carbocycles. The van der Waals surface area contributed by atoms with Gasteiger partial charge in [-0.2, -0.15) is 0 Å². The summed E-state index contributed by atoms with van der Waals surface area (Å²) < 4.78 is 6.45. The van der Waals surface area contributed by atoms with E-state index >= 15 is 0 Å². The highest BCUT2D eigenvalue weighted by Crippen LogP contribution is 2.47. The van der Waals surface area contributed by atoms with Gasteiger partial charge in [0.2, 0.25) is 0 Å². The van der Waals surface area contributed by atoms with E-state index in [0.717, 1.165) is 108 Å². The lowest BCUT2D eigenvalue weighted by molar-refractivity contribution is 0.669. The maximum Gasteiger partial charge on any atom is 0.136 e. The third kappa shape index (κ3) is 7.12. The van der Waals surface area contributed by atoms with E-state index in [9.17, 15) is 0 Å². The van der Waals surface area contributed by atoms with Crippen molar-refractivity contribution >= 4 is 50.7 Å². The molecule has 60 heavy (non-hydrogen) atoms. The maximum absolute atomic E-state index is 6.45. The molecule has 0 radical (unpaired) electrons. The van der Waals surface area contributed by atoms with Gasteiger partial charge in [-0.15, -0.1) is 0 Å². The Morgan fingerprint density at radius 1 is 0.517 bits per heavy atom. The number of benzene rings is 8. The monoisotopic (exact) mass is 789 g/mol. The minimum absolute atomic E-state index is 0.737. The highest BCUT2D eigenvalue weighted by atomic mass is 32.2. The van der Waals surface area contributed by atoms with E-state index in [1.165, 1.54) is 20.9 Å². The number of thioether (sulfide) groups is 1. The molecule has 288 valence electrons. The first kappa shape index (κ1) is 37.3. The zero-order chi connectivity index (χ0) is 40.4. The fraction of sp³-hybridized carbons (Fsp3) is 0.0702. The Kier molecular flexibility index (Phi) is 10.2. The summed E-state index contributed by atoms with van der Waals surface area (Å²) in [5.41, 5.74) is 17.3. The van der Waals surface area contributed by atoms with Crippen molar-refractivity contribution in [1.29, 1.82) is 0 Å². The number of furan rings is 1. The lowest BCUT2D eigenvalue weighted by Crippen LogP contribution is -2.02. The maximum atomic E-state index is 6.45. The molecule has 8 aromatic carbocycles. The second-order valence-electron chi connectivity index (χ2n) is 15.4. The molecule has 0 unspecified atom stereocenters. The molecule has 0 spiro atoms. The largest absolute Gasteiger partial charge is 0.456 e. The number of fused-ring (bicyclic) bond motifs is 4. The summed E-state index contributed by atoms with van der Waals surface area (Å²) in [5.74, 6) is 0. The number of aliphatic imine (C=N–C) groups is 1. The van der Waals surface area contributed by atoms with E-state index < -0.39 is 0 Å². The number of rotatable bonds is 10. The Balaban J connectivity index is 1.15. The van der Waals surface area contributed by atoms with Gasteiger partial charge in [0.15, 0.2) is 0 Å². The van der Waals surface area contributed by atoms with Crippen LogP contribution in [-0.4, -0.2) is 5.71 Å². The van der Waals surface area contributed by atoms with Crippen LogP contribution in [0.4, 0.5) is 0 Å². The molecular weight excluding hydrogens is 747 g/mol. The van der Waals surface area contributed by atoms with Crippen LogP contribution >= 0.6 is 11.8 Å². The van der Waals surface area contributed by atoms with Crippen LogP contribution in [0.1, 0.15) is 42.9 Å². The number of allylic oxidation sites excluding steroid dienone is 2. The SMILES string of the molecule is C=C(N=C1/C(=C(\CCCC)c2ccccc2)Sc2ccccc21)c1cccc(-c2cc(-c3ccccc3)cc(-c3ccc4c(c3)oc3ccccc34)c2-c2ccccc2)c1. The fourth-order valence-electron chi connectivity index (χ4n) is 8.50. The van der Waals surface area contributed by atoms with Crippen molar-refractivity contribution in [2.75, 3.05) is 0 Å². The fourth-order valence-corrected chi connectivity index (χ4v) is 9.74. The topological polar surface area (TPSA) is 25.5 Å². The lowest BCUT2D eigenvalue weighted by Gasteiger charge is -2.19. The molecule has 9 aromatic rings. The molecule has 1 aromatic heterocycles. The Bertz CT molecular complexity index is 3100. The first-order valence-corrected chi connectivity index (χ1v) is 21.6. The minimum Gasteiger partial charge on any atom is -0.456 e. The first-order chi connectivity index (χ1) is 29.6. The van der Waals surface area contributed by atoms with E-state index in [4.69, 9.17) is 9.41 Å². The van der Waals surface area contributed by atoms with Crippen molar-refractivity contribution in [3.63, 3.8) is 0 Å². The molecule has 1 aliphatic heterocycles. The molecule has 0 atom stereocenters. The van der Waals surface area contributed by atoms with Gasteiger partial charge in [-0.3, -0.25) is 0 Å². The van der Waals surface area contributed by atoms with Gasteiger partial charge in [-0.05, 0) is 111 Å². The van der Waals surface area contributed by atoms with E-state index in [0.29, 0.717) is 0 Å². The van der Waals surface area contributed by atoms with Crippen molar-refractivity contribution in [2.24, 2.45) is 4.99 Å². The van der Waals surface area contributed by atoms with Gasteiger partial charge < -0.3 is 4.42 Å². The average Bonchev–Trinajstić information content (AvgIpc) is 3.87. The average molecular weight is 790 g/mol. The number of nitrogens with zero attached hydrogens (tertiary/aromatic N) is 1. The molecule has 0 bridgehead atoms. The van der Waals surface area contributed by atoms with Crippen molar-refractivity contribution < 1.29 is 4.42 Å². The Hall–Kier alpha value is -6.94. The van der Waals surface area contributed by atoms with Gasteiger partial charge in [0, 0.05) is 31.7 Å². The van der Waals surface area contributed by atoms with Gasteiger partial charge in [-0.25, -0.2) is 4.99 Å². The van der Waals surface area contributed by atoms with E-state index in [2.05, 4.69) is 195 Å². The number of unbranched alkanes of at least 4 members (excludes halogenated alkanes) is 1. The zero-order valence-electron chi connectivity index (χ0n) is 33.6. The first-order valence-electron chi connectivity index (χ1n) is 20.8. The quantitative estimate of drug-likeness (QED) is 0.138.